The van der Waals surface area contributed by atoms with Gasteiger partial charge in [0.15, 0.2) is 0 Å². The molecule has 0 atom stereocenters. The molecule has 45 heavy (non-hydrogen) atoms. The Morgan fingerprint density at radius 2 is 0.978 bits per heavy atom. The van der Waals surface area contributed by atoms with Crippen molar-refractivity contribution in [3.05, 3.63) is 120 Å². The van der Waals surface area contributed by atoms with E-state index in [0.29, 0.717) is 37.8 Å². The number of rotatable bonds is 8. The van der Waals surface area contributed by atoms with Gasteiger partial charge in [0.05, 0.1) is 13.2 Å². The number of benzene rings is 2. The standard InChI is InChI=1S/2C13H16F2NO.2C5H5.Ti/c2*1-3-17-9-13(2)7-16(8-13)12-5-4-10(14)6-11(12)15;2*1-2-4-5-3-1;/h2*4-5H,3,7-9H2,1-2H3;2*1-5H;/q4*-1;+4. The van der Waals surface area contributed by atoms with Crippen molar-refractivity contribution in [3.8, 4) is 0 Å². The summed E-state index contributed by atoms with van der Waals surface area (Å²) in [4.78, 5) is 3.76. The van der Waals surface area contributed by atoms with E-state index in [9.17, 15) is 17.6 Å². The molecule has 0 aromatic heterocycles. The summed E-state index contributed by atoms with van der Waals surface area (Å²) >= 11 is 0. The second-order valence-electron chi connectivity index (χ2n) is 11.5. The minimum Gasteiger partial charge on any atom is -0.420 e. The Balaban J connectivity index is 0.000000235. The molecule has 0 N–H and O–H groups in total. The quantitative estimate of drug-likeness (QED) is 0.109. The van der Waals surface area contributed by atoms with E-state index in [1.807, 2.05) is 84.3 Å². The van der Waals surface area contributed by atoms with Crippen LogP contribution in [0, 0.1) is 46.2 Å². The first-order chi connectivity index (χ1) is 21.1. The van der Waals surface area contributed by atoms with E-state index in [1.165, 1.54) is 24.3 Å². The molecule has 4 aromatic carbocycles. The normalized spacial score (nSPS) is 15.4. The average molecular weight is 659 g/mol. The van der Waals surface area contributed by atoms with E-state index < -0.39 is 23.3 Å². The molecule has 4 aromatic rings. The topological polar surface area (TPSA) is 24.9 Å². The van der Waals surface area contributed by atoms with Gasteiger partial charge in [0.1, 0.15) is 0 Å². The summed E-state index contributed by atoms with van der Waals surface area (Å²) in [7, 11) is 0. The van der Waals surface area contributed by atoms with Crippen LogP contribution in [0.3, 0.4) is 0 Å². The number of nitrogens with zero attached hydrogens (tertiary/aromatic N) is 2. The fraction of sp³-hybridized carbons (Fsp3) is 0.389. The van der Waals surface area contributed by atoms with Gasteiger partial charge in [-0.05, 0) is 25.2 Å². The summed E-state index contributed by atoms with van der Waals surface area (Å²) in [6.07, 6.45) is 0. The van der Waals surface area contributed by atoms with E-state index in [4.69, 9.17) is 9.47 Å². The molecule has 2 fully saturated rings. The van der Waals surface area contributed by atoms with E-state index in [0.717, 1.165) is 26.2 Å². The molecule has 0 aliphatic carbocycles. The van der Waals surface area contributed by atoms with Crippen molar-refractivity contribution in [3.63, 3.8) is 0 Å². The van der Waals surface area contributed by atoms with Gasteiger partial charge in [-0.25, -0.2) is 41.8 Å². The van der Waals surface area contributed by atoms with Gasteiger partial charge >= 0.3 is 21.7 Å². The van der Waals surface area contributed by atoms with E-state index in [-0.39, 0.29) is 32.5 Å². The summed E-state index contributed by atoms with van der Waals surface area (Å²) in [5, 5.41) is 0. The molecular weight excluding hydrogens is 616 g/mol. The molecule has 6 rings (SSSR count). The van der Waals surface area contributed by atoms with Crippen molar-refractivity contribution < 1.29 is 48.8 Å². The zero-order valence-electron chi connectivity index (χ0n) is 26.5. The third-order valence-electron chi connectivity index (χ3n) is 7.08. The van der Waals surface area contributed by atoms with Crippen LogP contribution in [0.5, 0.6) is 0 Å². The number of hydrogen-bond donors (Lipinski definition) is 0. The van der Waals surface area contributed by atoms with Crippen LogP contribution in [0.25, 0.3) is 0 Å². The number of ether oxygens (including phenoxy) is 2. The monoisotopic (exact) mass is 658 g/mol. The van der Waals surface area contributed by atoms with E-state index >= 15 is 0 Å². The Bertz CT molecular complexity index is 1200. The van der Waals surface area contributed by atoms with Gasteiger partial charge < -0.3 is 19.3 Å². The first kappa shape index (κ1) is 38.3. The van der Waals surface area contributed by atoms with Gasteiger partial charge in [-0.2, -0.15) is 36.4 Å². The molecule has 0 spiro atoms. The fourth-order valence-electron chi connectivity index (χ4n) is 4.97. The molecule has 2 heterocycles. The Hall–Kier alpha value is -2.91. The maximum atomic E-state index is 13.5. The van der Waals surface area contributed by atoms with Crippen LogP contribution < -0.4 is 9.80 Å². The van der Waals surface area contributed by atoms with E-state index in [2.05, 4.69) is 26.0 Å². The fourth-order valence-corrected chi connectivity index (χ4v) is 4.97. The predicted molar refractivity (Wildman–Crippen MR) is 168 cm³/mol. The first-order valence-corrected chi connectivity index (χ1v) is 14.8. The minimum absolute atomic E-state index is 0. The summed E-state index contributed by atoms with van der Waals surface area (Å²) < 4.78 is 63.1. The van der Waals surface area contributed by atoms with Gasteiger partial charge in [0.25, 0.3) is 0 Å². The smallest absolute Gasteiger partial charge is 0.420 e. The molecule has 2 saturated heterocycles. The van der Waals surface area contributed by atoms with Gasteiger partial charge in [-0.15, -0.1) is 36.4 Å². The molecule has 0 unspecified atom stereocenters. The molecule has 0 saturated carbocycles. The van der Waals surface area contributed by atoms with Crippen molar-refractivity contribution in [1.82, 2.24) is 0 Å². The van der Waals surface area contributed by atoms with Crippen LogP contribution in [0.1, 0.15) is 27.7 Å². The van der Waals surface area contributed by atoms with Crippen molar-refractivity contribution in [2.24, 2.45) is 10.8 Å². The average Bonchev–Trinajstić information content (AvgIpc) is 3.73. The van der Waals surface area contributed by atoms with Gasteiger partial charge in [0.2, 0.25) is 0 Å². The van der Waals surface area contributed by atoms with Crippen LogP contribution in [0.15, 0.2) is 84.9 Å². The number of halogens is 4. The van der Waals surface area contributed by atoms with Crippen molar-refractivity contribution in [2.45, 2.75) is 27.7 Å². The van der Waals surface area contributed by atoms with Crippen molar-refractivity contribution >= 4 is 11.4 Å². The first-order valence-electron chi connectivity index (χ1n) is 14.8. The number of hydrogen-bond acceptors (Lipinski definition) is 4. The third kappa shape index (κ3) is 12.4. The predicted octanol–water partition coefficient (Wildman–Crippen LogP) is 8.06. The summed E-state index contributed by atoms with van der Waals surface area (Å²) in [6.45, 7) is 13.7. The maximum absolute atomic E-state index is 13.5. The minimum atomic E-state index is -0.663. The third-order valence-corrected chi connectivity index (χ3v) is 7.08. The van der Waals surface area contributed by atoms with E-state index in [1.54, 1.807) is 0 Å². The molecule has 4 nitrogen and oxygen atoms in total. The summed E-state index contributed by atoms with van der Waals surface area (Å²) in [5.41, 5.74) is 0.967. The molecule has 2 aliphatic heterocycles. The van der Waals surface area contributed by atoms with Gasteiger partial charge in [-0.3, -0.25) is 0 Å². The molecule has 0 bridgehead atoms. The molecule has 240 valence electrons. The van der Waals surface area contributed by atoms with Crippen LogP contribution in [-0.2, 0) is 31.2 Å². The van der Waals surface area contributed by atoms with Crippen molar-refractivity contribution in [2.75, 3.05) is 62.4 Å². The maximum Gasteiger partial charge on any atom is 4.00 e. The molecule has 2 aliphatic rings. The molecule has 9 heteroatoms. The Morgan fingerprint density at radius 3 is 1.22 bits per heavy atom. The van der Waals surface area contributed by atoms with Crippen LogP contribution >= 0.6 is 0 Å². The Kier molecular flexibility index (Phi) is 16.1. The molecule has 0 radical (unpaired) electrons. The zero-order valence-corrected chi connectivity index (χ0v) is 28.0. The van der Waals surface area contributed by atoms with Crippen LogP contribution in [0.4, 0.5) is 28.9 Å². The molecule has 0 amide bonds. The SMILES string of the molecule is CCOCC1(C)CN(c2ccc(F)[c-]c2F)C1.CCOCC1(C)CN(c2ccc(F)[c-]c2F)C1.[Ti+4].c1cc[cH-]c1.c1cc[cH-]c1. The van der Waals surface area contributed by atoms with Gasteiger partial charge in [0, 0.05) is 73.5 Å². The largest absolute Gasteiger partial charge is 4.00 e. The number of anilines is 2. The Labute approximate surface area is 280 Å². The summed E-state index contributed by atoms with van der Waals surface area (Å²) in [6, 6.07) is 29.5. The Morgan fingerprint density at radius 1 is 0.644 bits per heavy atom. The van der Waals surface area contributed by atoms with Crippen LogP contribution in [-0.4, -0.2) is 52.6 Å². The van der Waals surface area contributed by atoms with Gasteiger partial charge in [-0.1, -0.05) is 13.8 Å². The van der Waals surface area contributed by atoms with Crippen LogP contribution in [0.2, 0.25) is 0 Å². The second kappa shape index (κ2) is 18.9. The zero-order chi connectivity index (χ0) is 32.0. The second-order valence-corrected chi connectivity index (χ2v) is 11.5. The molecular formula is C36H42F4N2O2Ti. The van der Waals surface area contributed by atoms with Crippen molar-refractivity contribution in [1.29, 1.82) is 0 Å². The summed E-state index contributed by atoms with van der Waals surface area (Å²) in [5.74, 6) is -2.57.